The van der Waals surface area contributed by atoms with Crippen molar-refractivity contribution >= 4 is 22.0 Å². The van der Waals surface area contributed by atoms with Crippen molar-refractivity contribution in [3.63, 3.8) is 0 Å². The molecular weight excluding hydrogens is 408 g/mol. The first kappa shape index (κ1) is 22.6. The van der Waals surface area contributed by atoms with Crippen molar-refractivity contribution in [3.05, 3.63) is 102 Å². The van der Waals surface area contributed by atoms with Crippen LogP contribution in [-0.4, -0.2) is 18.8 Å². The molecule has 0 unspecified atom stereocenters. The standard InChI is InChI=1S/C18H19N2.C7H8O3S/c1-3-9-16(10-4-1)15-17-11-5-6-12-18(19-17)20-13-7-2-8-14-20;1-6-2-4-7(5-3-6)11(8,9)10/h1-4,7-10,13-15H,5-6,11-12H2;2-5H,1H3,(H,8,9,10)/q+1;. The van der Waals surface area contributed by atoms with Gasteiger partial charge in [0.05, 0.1) is 23.7 Å². The predicted octanol–water partition coefficient (Wildman–Crippen LogP) is 5.08. The maximum Gasteiger partial charge on any atom is 0.303 e. The quantitative estimate of drug-likeness (QED) is 0.451. The van der Waals surface area contributed by atoms with Crippen molar-refractivity contribution in [1.82, 2.24) is 0 Å². The van der Waals surface area contributed by atoms with E-state index in [1.807, 2.05) is 31.2 Å². The molecule has 31 heavy (non-hydrogen) atoms. The molecule has 1 aliphatic rings. The van der Waals surface area contributed by atoms with E-state index in [0.29, 0.717) is 0 Å². The largest absolute Gasteiger partial charge is 0.303 e. The minimum atomic E-state index is -4.02. The summed E-state index contributed by atoms with van der Waals surface area (Å²) in [6, 6.07) is 22.6. The summed E-state index contributed by atoms with van der Waals surface area (Å²) >= 11 is 0. The third-order valence-electron chi connectivity index (χ3n) is 4.82. The number of allylic oxidation sites excluding steroid dienone is 1. The first-order valence-electron chi connectivity index (χ1n) is 10.3. The van der Waals surface area contributed by atoms with Crippen molar-refractivity contribution in [3.8, 4) is 0 Å². The van der Waals surface area contributed by atoms with Crippen LogP contribution < -0.4 is 4.57 Å². The number of aliphatic imine (C=N–C) groups is 1. The first-order valence-corrected chi connectivity index (χ1v) is 11.7. The number of hydrogen-bond acceptors (Lipinski definition) is 3. The Morgan fingerprint density at radius 3 is 2.13 bits per heavy atom. The molecule has 0 bridgehead atoms. The van der Waals surface area contributed by atoms with Crippen molar-refractivity contribution in [2.45, 2.75) is 37.5 Å². The molecule has 1 aromatic heterocycles. The van der Waals surface area contributed by atoms with Crippen molar-refractivity contribution in [2.75, 3.05) is 0 Å². The molecule has 0 saturated carbocycles. The van der Waals surface area contributed by atoms with Gasteiger partial charge in [-0.2, -0.15) is 8.42 Å². The van der Waals surface area contributed by atoms with Crippen LogP contribution in [-0.2, 0) is 10.1 Å². The van der Waals surface area contributed by atoms with E-state index in [1.165, 1.54) is 36.2 Å². The first-order chi connectivity index (χ1) is 14.9. The van der Waals surface area contributed by atoms with E-state index in [4.69, 9.17) is 9.55 Å². The van der Waals surface area contributed by atoms with Gasteiger partial charge < -0.3 is 0 Å². The summed E-state index contributed by atoms with van der Waals surface area (Å²) in [5, 5.41) is 0. The fourth-order valence-electron chi connectivity index (χ4n) is 3.18. The molecule has 6 heteroatoms. The number of rotatable bonds is 2. The summed E-state index contributed by atoms with van der Waals surface area (Å²) in [7, 11) is -4.02. The molecule has 3 aromatic rings. The van der Waals surface area contributed by atoms with E-state index in [0.717, 1.165) is 24.2 Å². The Hall–Kier alpha value is -3.09. The second kappa shape index (κ2) is 10.8. The highest BCUT2D eigenvalue weighted by molar-refractivity contribution is 7.85. The smallest absolute Gasteiger partial charge is 0.282 e. The number of nitrogens with zero attached hydrogens (tertiary/aromatic N) is 2. The molecule has 0 atom stereocenters. The number of aryl methyl sites for hydroxylation is 1. The van der Waals surface area contributed by atoms with Crippen molar-refractivity contribution in [2.24, 2.45) is 4.99 Å². The highest BCUT2D eigenvalue weighted by atomic mass is 32.2. The molecule has 160 valence electrons. The van der Waals surface area contributed by atoms with Gasteiger partial charge in [-0.3, -0.25) is 4.55 Å². The monoisotopic (exact) mass is 435 g/mol. The van der Waals surface area contributed by atoms with Crippen molar-refractivity contribution < 1.29 is 17.5 Å². The zero-order valence-corrected chi connectivity index (χ0v) is 18.4. The van der Waals surface area contributed by atoms with Crippen LogP contribution in [0.15, 0.2) is 101 Å². The maximum atomic E-state index is 10.5. The highest BCUT2D eigenvalue weighted by Crippen LogP contribution is 2.19. The Bertz CT molecular complexity index is 1140. The third kappa shape index (κ3) is 7.27. The van der Waals surface area contributed by atoms with Crippen LogP contribution in [0.4, 0.5) is 0 Å². The number of benzene rings is 2. The van der Waals surface area contributed by atoms with Crippen LogP contribution in [0.5, 0.6) is 0 Å². The Morgan fingerprint density at radius 1 is 0.871 bits per heavy atom. The summed E-state index contributed by atoms with van der Waals surface area (Å²) in [4.78, 5) is 4.82. The number of hydrogen-bond donors (Lipinski definition) is 1. The zero-order valence-electron chi connectivity index (χ0n) is 17.6. The molecule has 5 nitrogen and oxygen atoms in total. The lowest BCUT2D eigenvalue weighted by molar-refractivity contribution is -0.557. The van der Waals surface area contributed by atoms with Gasteiger partial charge in [0.15, 0.2) is 5.70 Å². The van der Waals surface area contributed by atoms with Crippen LogP contribution in [0.25, 0.3) is 6.08 Å². The van der Waals surface area contributed by atoms with Gasteiger partial charge in [0.1, 0.15) is 0 Å². The summed E-state index contributed by atoms with van der Waals surface area (Å²) in [6.45, 7) is 1.84. The van der Waals surface area contributed by atoms with Gasteiger partial charge in [-0.1, -0.05) is 59.1 Å². The second-order valence-corrected chi connectivity index (χ2v) is 8.77. The van der Waals surface area contributed by atoms with Gasteiger partial charge in [-0.25, -0.2) is 4.57 Å². The van der Waals surface area contributed by atoms with Gasteiger partial charge in [0.2, 0.25) is 0 Å². The van der Waals surface area contributed by atoms with E-state index >= 15 is 0 Å². The van der Waals surface area contributed by atoms with E-state index in [1.54, 1.807) is 12.1 Å². The van der Waals surface area contributed by atoms with Gasteiger partial charge in [-0.05, 0) is 55.7 Å². The third-order valence-corrected chi connectivity index (χ3v) is 5.69. The van der Waals surface area contributed by atoms with Crippen LogP contribution in [0, 0.1) is 6.92 Å². The molecular formula is C25H27N2O3S+. The van der Waals surface area contributed by atoms with Gasteiger partial charge in [-0.15, -0.1) is 0 Å². The minimum Gasteiger partial charge on any atom is -0.282 e. The molecule has 0 spiro atoms. The molecule has 0 amide bonds. The lowest BCUT2D eigenvalue weighted by Crippen LogP contribution is -2.41. The highest BCUT2D eigenvalue weighted by Gasteiger charge is 2.17. The Morgan fingerprint density at radius 2 is 1.48 bits per heavy atom. The Balaban J connectivity index is 0.000000210. The van der Waals surface area contributed by atoms with Crippen LogP contribution >= 0.6 is 0 Å². The molecule has 1 N–H and O–H groups in total. The van der Waals surface area contributed by atoms with E-state index < -0.39 is 10.1 Å². The predicted molar refractivity (Wildman–Crippen MR) is 123 cm³/mol. The molecule has 1 aliphatic heterocycles. The fourth-order valence-corrected chi connectivity index (χ4v) is 3.66. The molecule has 0 fully saturated rings. The van der Waals surface area contributed by atoms with Crippen LogP contribution in [0.1, 0.15) is 36.8 Å². The van der Waals surface area contributed by atoms with Gasteiger partial charge >= 0.3 is 5.84 Å². The molecule has 0 saturated heterocycles. The van der Waals surface area contributed by atoms with Gasteiger partial charge in [0, 0.05) is 6.42 Å². The minimum absolute atomic E-state index is 0.0666. The summed E-state index contributed by atoms with van der Waals surface area (Å²) < 4.78 is 31.7. The summed E-state index contributed by atoms with van der Waals surface area (Å²) in [5.74, 6) is 1.14. The van der Waals surface area contributed by atoms with E-state index in [-0.39, 0.29) is 4.90 Å². The second-order valence-electron chi connectivity index (χ2n) is 7.35. The average Bonchev–Trinajstić information content (AvgIpc) is 3.01. The van der Waals surface area contributed by atoms with Crippen LogP contribution in [0.2, 0.25) is 0 Å². The number of pyridine rings is 1. The molecule has 0 aliphatic carbocycles. The summed E-state index contributed by atoms with van der Waals surface area (Å²) in [5.41, 5.74) is 3.36. The fraction of sp³-hybridized carbons (Fsp3) is 0.200. The summed E-state index contributed by atoms with van der Waals surface area (Å²) in [6.07, 6.45) is 10.9. The number of aromatic nitrogens is 1. The zero-order chi connectivity index (χ0) is 22.1. The average molecular weight is 436 g/mol. The molecule has 4 rings (SSSR count). The maximum absolute atomic E-state index is 10.5. The lowest BCUT2D eigenvalue weighted by Gasteiger charge is -1.97. The van der Waals surface area contributed by atoms with Gasteiger partial charge in [0.25, 0.3) is 10.1 Å². The SMILES string of the molecule is C(=C1CCCCC([n+]2ccccc2)=N1)c1ccccc1.Cc1ccc(S(=O)(=O)O)cc1. The molecule has 2 aromatic carbocycles. The van der Waals surface area contributed by atoms with E-state index in [2.05, 4.69) is 47.3 Å². The Kier molecular flexibility index (Phi) is 7.87. The molecule has 2 heterocycles. The van der Waals surface area contributed by atoms with E-state index in [9.17, 15) is 8.42 Å². The topological polar surface area (TPSA) is 70.6 Å². The van der Waals surface area contributed by atoms with Crippen LogP contribution in [0.3, 0.4) is 0 Å². The van der Waals surface area contributed by atoms with Crippen molar-refractivity contribution in [1.29, 1.82) is 0 Å². The Labute approximate surface area is 184 Å². The molecule has 0 radical (unpaired) electrons. The normalized spacial score (nSPS) is 15.4. The lowest BCUT2D eigenvalue weighted by atomic mass is 10.1.